The van der Waals surface area contributed by atoms with Crippen LogP contribution >= 0.6 is 0 Å². The number of sulfonamides is 1. The number of nitrogens with one attached hydrogen (secondary N) is 3. The van der Waals surface area contributed by atoms with E-state index in [9.17, 15) is 13.2 Å². The normalized spacial score (nSPS) is 13.3. The fourth-order valence-corrected chi connectivity index (χ4v) is 1.35. The SMILES string of the molecule is CCC(C)NC(=O)NCCS(=O)(=O)NC. The molecule has 0 saturated heterocycles. The largest absolute Gasteiger partial charge is 0.337 e. The summed E-state index contributed by atoms with van der Waals surface area (Å²) in [6.45, 7) is 3.94. The van der Waals surface area contributed by atoms with Gasteiger partial charge < -0.3 is 10.6 Å². The highest BCUT2D eigenvalue weighted by Crippen LogP contribution is 1.86. The van der Waals surface area contributed by atoms with Crippen molar-refractivity contribution in [2.75, 3.05) is 19.3 Å². The van der Waals surface area contributed by atoms with Crippen LogP contribution in [0, 0.1) is 0 Å². The lowest BCUT2D eigenvalue weighted by Crippen LogP contribution is -2.42. The van der Waals surface area contributed by atoms with Gasteiger partial charge in [-0.25, -0.2) is 17.9 Å². The van der Waals surface area contributed by atoms with E-state index in [4.69, 9.17) is 0 Å². The summed E-state index contributed by atoms with van der Waals surface area (Å²) in [5.74, 6) is -0.114. The maximum absolute atomic E-state index is 11.1. The number of hydrogen-bond donors (Lipinski definition) is 3. The fourth-order valence-electron chi connectivity index (χ4n) is 0.778. The first kappa shape index (κ1) is 14.2. The number of rotatable bonds is 6. The second-order valence-electron chi connectivity index (χ2n) is 3.23. The van der Waals surface area contributed by atoms with Gasteiger partial charge in [-0.15, -0.1) is 0 Å². The lowest BCUT2D eigenvalue weighted by Gasteiger charge is -2.12. The van der Waals surface area contributed by atoms with Crippen LogP contribution in [0.5, 0.6) is 0 Å². The Morgan fingerprint density at radius 2 is 2.00 bits per heavy atom. The third-order valence-corrected chi connectivity index (χ3v) is 3.32. The lowest BCUT2D eigenvalue weighted by molar-refractivity contribution is 0.238. The first-order chi connectivity index (χ1) is 6.91. The van der Waals surface area contributed by atoms with Crippen molar-refractivity contribution < 1.29 is 13.2 Å². The van der Waals surface area contributed by atoms with Gasteiger partial charge in [-0.2, -0.15) is 0 Å². The molecule has 1 atom stereocenters. The summed E-state index contributed by atoms with van der Waals surface area (Å²) in [6.07, 6.45) is 0.836. The topological polar surface area (TPSA) is 87.3 Å². The maximum Gasteiger partial charge on any atom is 0.315 e. The molecular weight excluding hydrogens is 218 g/mol. The van der Waals surface area contributed by atoms with E-state index < -0.39 is 10.0 Å². The van der Waals surface area contributed by atoms with E-state index in [1.54, 1.807) is 0 Å². The predicted molar refractivity (Wildman–Crippen MR) is 59.1 cm³/mol. The minimum Gasteiger partial charge on any atom is -0.337 e. The maximum atomic E-state index is 11.1. The number of carbonyl (C=O) groups excluding carboxylic acids is 1. The average molecular weight is 237 g/mol. The fraction of sp³-hybridized carbons (Fsp3) is 0.875. The number of amides is 2. The summed E-state index contributed by atoms with van der Waals surface area (Å²) in [6, 6.07) is -0.249. The van der Waals surface area contributed by atoms with Crippen LogP contribution in [-0.2, 0) is 10.0 Å². The van der Waals surface area contributed by atoms with Gasteiger partial charge in [-0.3, -0.25) is 0 Å². The highest BCUT2D eigenvalue weighted by Gasteiger charge is 2.08. The van der Waals surface area contributed by atoms with Crippen molar-refractivity contribution in [3.63, 3.8) is 0 Å². The molecule has 0 radical (unpaired) electrons. The van der Waals surface area contributed by atoms with Crippen LogP contribution in [0.25, 0.3) is 0 Å². The second-order valence-corrected chi connectivity index (χ2v) is 5.28. The van der Waals surface area contributed by atoms with E-state index in [0.29, 0.717) is 0 Å². The summed E-state index contributed by atoms with van der Waals surface area (Å²) in [7, 11) is -1.90. The zero-order valence-corrected chi connectivity index (χ0v) is 10.1. The summed E-state index contributed by atoms with van der Waals surface area (Å²) < 4.78 is 24.1. The Hall–Kier alpha value is -0.820. The van der Waals surface area contributed by atoms with E-state index in [1.807, 2.05) is 13.8 Å². The predicted octanol–water partition coefficient (Wildman–Crippen LogP) is -0.367. The molecule has 0 aromatic carbocycles. The van der Waals surface area contributed by atoms with Crippen molar-refractivity contribution in [2.24, 2.45) is 0 Å². The zero-order valence-electron chi connectivity index (χ0n) is 9.33. The molecule has 0 aliphatic carbocycles. The third kappa shape index (κ3) is 7.15. The van der Waals surface area contributed by atoms with Gasteiger partial charge in [0.15, 0.2) is 0 Å². The van der Waals surface area contributed by atoms with Gasteiger partial charge in [-0.1, -0.05) is 6.92 Å². The van der Waals surface area contributed by atoms with E-state index in [1.165, 1.54) is 7.05 Å². The monoisotopic (exact) mass is 237 g/mol. The van der Waals surface area contributed by atoms with Gasteiger partial charge >= 0.3 is 6.03 Å². The molecule has 0 spiro atoms. The summed E-state index contributed by atoms with van der Waals surface area (Å²) in [5.41, 5.74) is 0. The molecule has 0 aliphatic rings. The van der Waals surface area contributed by atoms with Crippen LogP contribution in [0.3, 0.4) is 0 Å². The Kier molecular flexibility index (Phi) is 6.26. The van der Waals surface area contributed by atoms with E-state index in [2.05, 4.69) is 15.4 Å². The first-order valence-electron chi connectivity index (χ1n) is 4.87. The van der Waals surface area contributed by atoms with Crippen molar-refractivity contribution in [3.05, 3.63) is 0 Å². The van der Waals surface area contributed by atoms with Gasteiger partial charge in [0.25, 0.3) is 0 Å². The van der Waals surface area contributed by atoms with Crippen LogP contribution in [-0.4, -0.2) is 39.8 Å². The molecule has 6 nitrogen and oxygen atoms in total. The molecule has 0 saturated carbocycles. The molecule has 0 rings (SSSR count). The highest BCUT2D eigenvalue weighted by atomic mass is 32.2. The van der Waals surface area contributed by atoms with Crippen LogP contribution < -0.4 is 15.4 Å². The highest BCUT2D eigenvalue weighted by molar-refractivity contribution is 7.89. The summed E-state index contributed by atoms with van der Waals surface area (Å²) in [4.78, 5) is 11.1. The Labute approximate surface area is 90.9 Å². The Morgan fingerprint density at radius 3 is 2.47 bits per heavy atom. The Bertz CT molecular complexity index is 290. The molecule has 0 aromatic heterocycles. The van der Waals surface area contributed by atoms with Crippen molar-refractivity contribution in [1.82, 2.24) is 15.4 Å². The second kappa shape index (κ2) is 6.62. The Balaban J connectivity index is 3.74. The number of carbonyl (C=O) groups is 1. The Morgan fingerprint density at radius 1 is 1.40 bits per heavy atom. The van der Waals surface area contributed by atoms with E-state index >= 15 is 0 Å². The van der Waals surface area contributed by atoms with Gasteiger partial charge in [0.1, 0.15) is 0 Å². The summed E-state index contributed by atoms with van der Waals surface area (Å²) in [5, 5.41) is 5.14. The van der Waals surface area contributed by atoms with E-state index in [-0.39, 0.29) is 24.4 Å². The molecule has 0 aliphatic heterocycles. The summed E-state index contributed by atoms with van der Waals surface area (Å²) >= 11 is 0. The zero-order chi connectivity index (χ0) is 11.9. The van der Waals surface area contributed by atoms with Crippen molar-refractivity contribution in [3.8, 4) is 0 Å². The lowest BCUT2D eigenvalue weighted by atomic mass is 10.3. The van der Waals surface area contributed by atoms with Gasteiger partial charge in [0.2, 0.25) is 10.0 Å². The molecule has 0 aromatic rings. The quantitative estimate of drug-likeness (QED) is 0.589. The first-order valence-corrected chi connectivity index (χ1v) is 6.52. The minimum atomic E-state index is -3.24. The molecule has 90 valence electrons. The minimum absolute atomic E-state index is 0.0888. The molecule has 7 heteroatoms. The molecule has 3 N–H and O–H groups in total. The van der Waals surface area contributed by atoms with Crippen molar-refractivity contribution in [1.29, 1.82) is 0 Å². The van der Waals surface area contributed by atoms with Gasteiger partial charge in [0, 0.05) is 12.6 Å². The molecule has 0 fully saturated rings. The van der Waals surface area contributed by atoms with Crippen molar-refractivity contribution >= 4 is 16.1 Å². The molecule has 0 heterocycles. The van der Waals surface area contributed by atoms with Crippen molar-refractivity contribution in [2.45, 2.75) is 26.3 Å². The number of urea groups is 1. The average Bonchev–Trinajstić information content (AvgIpc) is 2.17. The van der Waals surface area contributed by atoms with Crippen LogP contribution in [0.15, 0.2) is 0 Å². The van der Waals surface area contributed by atoms with Crippen LogP contribution in [0.4, 0.5) is 4.79 Å². The third-order valence-electron chi connectivity index (χ3n) is 1.96. The molecule has 15 heavy (non-hydrogen) atoms. The molecular formula is C8H19N3O3S. The molecule has 1 unspecified atom stereocenters. The number of hydrogen-bond acceptors (Lipinski definition) is 3. The standard InChI is InChI=1S/C8H19N3O3S/c1-4-7(2)11-8(12)10-5-6-15(13,14)9-3/h7,9H,4-6H2,1-3H3,(H2,10,11,12). The molecule has 2 amide bonds. The van der Waals surface area contributed by atoms with Gasteiger partial charge in [0.05, 0.1) is 5.75 Å². The smallest absolute Gasteiger partial charge is 0.315 e. The molecule has 0 bridgehead atoms. The van der Waals surface area contributed by atoms with E-state index in [0.717, 1.165) is 6.42 Å². The van der Waals surface area contributed by atoms with Gasteiger partial charge in [-0.05, 0) is 20.4 Å². The van der Waals surface area contributed by atoms with Crippen LogP contribution in [0.1, 0.15) is 20.3 Å². The van der Waals surface area contributed by atoms with Crippen LogP contribution in [0.2, 0.25) is 0 Å².